The second-order valence-electron chi connectivity index (χ2n) is 2.07. The van der Waals surface area contributed by atoms with Crippen LogP contribution in [0.2, 0.25) is 0 Å². The monoisotopic (exact) mass is 135 g/mol. The molecule has 2 heteroatoms. The average molecular weight is 135 g/mol. The number of methoxy groups -OCH3 is 1. The van der Waals surface area contributed by atoms with Gasteiger partial charge in [-0.05, 0) is 0 Å². The minimum atomic E-state index is 0.111. The van der Waals surface area contributed by atoms with Gasteiger partial charge in [-0.1, -0.05) is 5.92 Å². The first-order valence-corrected chi connectivity index (χ1v) is 3.09. The van der Waals surface area contributed by atoms with Crippen LogP contribution in [0.4, 0.5) is 0 Å². The van der Waals surface area contributed by atoms with Gasteiger partial charge in [-0.15, -0.1) is 6.42 Å². The quantitative estimate of drug-likeness (QED) is 0.495. The van der Waals surface area contributed by atoms with Gasteiger partial charge in [0, 0.05) is 12.6 Å². The zero-order valence-corrected chi connectivity index (χ0v) is 5.87. The molecule has 52 valence electrons. The predicted molar refractivity (Wildman–Crippen MR) is 40.5 cm³/mol. The van der Waals surface area contributed by atoms with Crippen LogP contribution < -0.4 is 0 Å². The lowest BCUT2D eigenvalue weighted by Crippen LogP contribution is -2.05. The Morgan fingerprint density at radius 1 is 1.90 bits per heavy atom. The molecule has 1 heterocycles. The molecular weight excluding hydrogens is 126 g/mol. The molecule has 1 aliphatic rings. The third-order valence-electron chi connectivity index (χ3n) is 1.38. The Kier molecular flexibility index (Phi) is 2.11. The van der Waals surface area contributed by atoms with E-state index in [9.17, 15) is 0 Å². The molecule has 0 bridgehead atoms. The SMILES string of the molecule is C#CC1C=NC=C(OC)C1. The fourth-order valence-corrected chi connectivity index (χ4v) is 0.790. The van der Waals surface area contributed by atoms with Crippen LogP contribution in [0.5, 0.6) is 0 Å². The molecular formula is C8H9NO. The summed E-state index contributed by atoms with van der Waals surface area (Å²) in [5.41, 5.74) is 0. The Bertz CT molecular complexity index is 210. The van der Waals surface area contributed by atoms with Crippen molar-refractivity contribution in [1.29, 1.82) is 0 Å². The highest BCUT2D eigenvalue weighted by atomic mass is 16.5. The molecule has 0 amide bonds. The van der Waals surface area contributed by atoms with Crippen LogP contribution in [0.15, 0.2) is 17.0 Å². The van der Waals surface area contributed by atoms with E-state index in [1.807, 2.05) is 0 Å². The lowest BCUT2D eigenvalue weighted by Gasteiger charge is -2.10. The molecule has 0 saturated carbocycles. The van der Waals surface area contributed by atoms with Gasteiger partial charge in [-0.25, -0.2) is 0 Å². The molecule has 0 fully saturated rings. The van der Waals surface area contributed by atoms with Crippen molar-refractivity contribution < 1.29 is 4.74 Å². The predicted octanol–water partition coefficient (Wildman–Crippen LogP) is 1.20. The lowest BCUT2D eigenvalue weighted by molar-refractivity contribution is 0.271. The molecule has 0 N–H and O–H groups in total. The van der Waals surface area contributed by atoms with Crippen LogP contribution in [-0.4, -0.2) is 13.3 Å². The van der Waals surface area contributed by atoms with Gasteiger partial charge in [0.25, 0.3) is 0 Å². The fourth-order valence-electron chi connectivity index (χ4n) is 0.790. The van der Waals surface area contributed by atoms with E-state index in [0.29, 0.717) is 0 Å². The van der Waals surface area contributed by atoms with Crippen molar-refractivity contribution in [2.75, 3.05) is 7.11 Å². The number of hydrogen-bond donors (Lipinski definition) is 0. The number of aliphatic imine (C=N–C) groups is 1. The summed E-state index contributed by atoms with van der Waals surface area (Å²) in [5, 5.41) is 0. The smallest absolute Gasteiger partial charge is 0.115 e. The molecule has 0 radical (unpaired) electrons. The first-order valence-electron chi connectivity index (χ1n) is 3.09. The minimum Gasteiger partial charge on any atom is -0.499 e. The summed E-state index contributed by atoms with van der Waals surface area (Å²) in [4.78, 5) is 3.93. The van der Waals surface area contributed by atoms with Crippen LogP contribution in [0.3, 0.4) is 0 Å². The second kappa shape index (κ2) is 3.07. The van der Waals surface area contributed by atoms with E-state index in [0.717, 1.165) is 12.2 Å². The number of terminal acetylenes is 1. The maximum Gasteiger partial charge on any atom is 0.115 e. The molecule has 1 atom stereocenters. The fraction of sp³-hybridized carbons (Fsp3) is 0.375. The Morgan fingerprint density at radius 2 is 2.70 bits per heavy atom. The summed E-state index contributed by atoms with van der Waals surface area (Å²) in [6.07, 6.45) is 9.41. The number of rotatable bonds is 1. The van der Waals surface area contributed by atoms with E-state index >= 15 is 0 Å². The van der Waals surface area contributed by atoms with Crippen molar-refractivity contribution in [3.63, 3.8) is 0 Å². The highest BCUT2D eigenvalue weighted by molar-refractivity contribution is 5.67. The second-order valence-corrected chi connectivity index (χ2v) is 2.07. The van der Waals surface area contributed by atoms with Gasteiger partial charge in [0.2, 0.25) is 0 Å². The molecule has 0 spiro atoms. The van der Waals surface area contributed by atoms with Crippen LogP contribution in [0.25, 0.3) is 0 Å². The Morgan fingerprint density at radius 3 is 3.30 bits per heavy atom. The Labute approximate surface area is 60.6 Å². The topological polar surface area (TPSA) is 21.6 Å². The summed E-state index contributed by atoms with van der Waals surface area (Å²) in [7, 11) is 1.63. The van der Waals surface area contributed by atoms with Crippen molar-refractivity contribution >= 4 is 6.21 Å². The van der Waals surface area contributed by atoms with Gasteiger partial charge in [0.15, 0.2) is 0 Å². The molecule has 0 aromatic carbocycles. The summed E-state index contributed by atoms with van der Waals surface area (Å²) in [6.45, 7) is 0. The molecule has 0 aliphatic carbocycles. The number of nitrogens with zero attached hydrogens (tertiary/aromatic N) is 1. The maximum atomic E-state index is 5.20. The van der Waals surface area contributed by atoms with Crippen LogP contribution in [-0.2, 0) is 4.74 Å². The van der Waals surface area contributed by atoms with Crippen molar-refractivity contribution in [2.45, 2.75) is 6.42 Å². The molecule has 2 nitrogen and oxygen atoms in total. The molecule has 1 rings (SSSR count). The summed E-state index contributed by atoms with van der Waals surface area (Å²) in [6, 6.07) is 0. The Balaban J connectivity index is 2.61. The summed E-state index contributed by atoms with van der Waals surface area (Å²) >= 11 is 0. The zero-order chi connectivity index (χ0) is 7.40. The minimum absolute atomic E-state index is 0.111. The van der Waals surface area contributed by atoms with Gasteiger partial charge in [-0.3, -0.25) is 4.99 Å². The highest BCUT2D eigenvalue weighted by Crippen LogP contribution is 2.13. The van der Waals surface area contributed by atoms with Crippen molar-refractivity contribution in [3.8, 4) is 12.3 Å². The van der Waals surface area contributed by atoms with Gasteiger partial charge in [0.05, 0.1) is 19.2 Å². The Hall–Kier alpha value is -1.23. The largest absolute Gasteiger partial charge is 0.499 e. The van der Waals surface area contributed by atoms with Crippen molar-refractivity contribution in [3.05, 3.63) is 12.0 Å². The van der Waals surface area contributed by atoms with E-state index < -0.39 is 0 Å². The van der Waals surface area contributed by atoms with Gasteiger partial charge in [-0.2, -0.15) is 0 Å². The first kappa shape index (κ1) is 6.88. The molecule has 0 saturated heterocycles. The van der Waals surface area contributed by atoms with Crippen molar-refractivity contribution in [1.82, 2.24) is 0 Å². The maximum absolute atomic E-state index is 5.20. The summed E-state index contributed by atoms with van der Waals surface area (Å²) < 4.78 is 4.97. The normalized spacial score (nSPS) is 23.2. The molecule has 1 aliphatic heterocycles. The van der Waals surface area contributed by atoms with E-state index in [1.54, 1.807) is 19.5 Å². The summed E-state index contributed by atoms with van der Waals surface area (Å²) in [5.74, 6) is 3.56. The number of allylic oxidation sites excluding steroid dienone is 1. The highest BCUT2D eigenvalue weighted by Gasteiger charge is 2.08. The van der Waals surface area contributed by atoms with Gasteiger partial charge < -0.3 is 4.74 Å². The number of hydrogen-bond acceptors (Lipinski definition) is 2. The lowest BCUT2D eigenvalue weighted by atomic mass is 10.1. The average Bonchev–Trinajstić information content (AvgIpc) is 2.05. The first-order chi connectivity index (χ1) is 4.86. The number of ether oxygens (including phenoxy) is 1. The van der Waals surface area contributed by atoms with Crippen LogP contribution >= 0.6 is 0 Å². The third kappa shape index (κ3) is 1.38. The van der Waals surface area contributed by atoms with Crippen molar-refractivity contribution in [2.24, 2.45) is 10.9 Å². The zero-order valence-electron chi connectivity index (χ0n) is 5.87. The van der Waals surface area contributed by atoms with Gasteiger partial charge >= 0.3 is 0 Å². The third-order valence-corrected chi connectivity index (χ3v) is 1.38. The molecule has 1 unspecified atom stereocenters. The van der Waals surface area contributed by atoms with Crippen LogP contribution in [0.1, 0.15) is 6.42 Å². The van der Waals surface area contributed by atoms with E-state index in [2.05, 4.69) is 10.9 Å². The van der Waals surface area contributed by atoms with E-state index in [-0.39, 0.29) is 5.92 Å². The molecule has 10 heavy (non-hydrogen) atoms. The standard InChI is InChI=1S/C8H9NO/c1-3-7-4-8(10-2)6-9-5-7/h1,5-7H,4H2,2H3. The van der Waals surface area contributed by atoms with Gasteiger partial charge in [0.1, 0.15) is 5.76 Å². The molecule has 0 aromatic heterocycles. The van der Waals surface area contributed by atoms with E-state index in [1.165, 1.54) is 0 Å². The van der Waals surface area contributed by atoms with Crippen LogP contribution in [0, 0.1) is 18.3 Å². The van der Waals surface area contributed by atoms with E-state index in [4.69, 9.17) is 11.2 Å². The molecule has 0 aromatic rings.